The van der Waals surface area contributed by atoms with Crippen LogP contribution in [0.1, 0.15) is 30.5 Å². The molecular weight excluding hydrogens is 320 g/mol. The molecule has 1 aromatic rings. The average molecular weight is 338 g/mol. The van der Waals surface area contributed by atoms with Gasteiger partial charge in [0.15, 0.2) is 0 Å². The van der Waals surface area contributed by atoms with Gasteiger partial charge in [-0.3, -0.25) is 14.6 Å². The van der Waals surface area contributed by atoms with Gasteiger partial charge < -0.3 is 10.6 Å². The van der Waals surface area contributed by atoms with Gasteiger partial charge in [-0.1, -0.05) is 6.42 Å². The van der Waals surface area contributed by atoms with E-state index in [-0.39, 0.29) is 30.4 Å². The van der Waals surface area contributed by atoms with E-state index in [1.165, 1.54) is 6.20 Å². The Bertz CT molecular complexity index is 728. The Morgan fingerprint density at radius 1 is 1.26 bits per heavy atom. The van der Waals surface area contributed by atoms with Crippen LogP contribution >= 0.6 is 11.8 Å². The topological polar surface area (TPSA) is 113 Å². The molecule has 0 unspecified atom stereocenters. The van der Waals surface area contributed by atoms with E-state index in [0.29, 0.717) is 11.7 Å². The average Bonchev–Trinajstić information content (AvgIpc) is 3.03. The summed E-state index contributed by atoms with van der Waals surface area (Å²) in [5.41, 5.74) is -1.21. The fourth-order valence-corrected chi connectivity index (χ4v) is 4.54. The van der Waals surface area contributed by atoms with E-state index < -0.39 is 11.2 Å². The van der Waals surface area contributed by atoms with Crippen LogP contribution in [-0.2, 0) is 0 Å². The zero-order valence-electron chi connectivity index (χ0n) is 12.4. The highest BCUT2D eigenvalue weighted by Gasteiger charge is 2.42. The summed E-state index contributed by atoms with van der Waals surface area (Å²) in [6, 6.07) is 1.44. The van der Waals surface area contributed by atoms with Crippen LogP contribution in [-0.4, -0.2) is 44.6 Å². The van der Waals surface area contributed by atoms with Crippen LogP contribution in [0.3, 0.4) is 0 Å². The van der Waals surface area contributed by atoms with Crippen molar-refractivity contribution < 1.29 is 9.59 Å². The van der Waals surface area contributed by atoms with Gasteiger partial charge in [-0.25, -0.2) is 14.2 Å². The second-order valence-electron chi connectivity index (χ2n) is 5.74. The van der Waals surface area contributed by atoms with Crippen molar-refractivity contribution in [1.82, 2.24) is 20.2 Å². The van der Waals surface area contributed by atoms with Gasteiger partial charge in [-0.15, -0.1) is 0 Å². The molecule has 0 spiro atoms. The van der Waals surface area contributed by atoms with E-state index in [1.807, 2.05) is 11.8 Å². The SMILES string of the molecule is O=C1N[C@H]2[C@H](CS[C@H]2CCCCC(=O)n2ccc(=O)[nH]c2=O)N1. The zero-order chi connectivity index (χ0) is 16.4. The lowest BCUT2D eigenvalue weighted by Crippen LogP contribution is -2.36. The number of nitrogens with one attached hydrogen (secondary N) is 3. The maximum atomic E-state index is 12.0. The number of urea groups is 1. The summed E-state index contributed by atoms with van der Waals surface area (Å²) in [4.78, 5) is 47.8. The molecule has 0 aromatic carbocycles. The van der Waals surface area contributed by atoms with Crippen LogP contribution in [0.2, 0.25) is 0 Å². The lowest BCUT2D eigenvalue weighted by molar-refractivity contribution is 0.0892. The summed E-state index contributed by atoms with van der Waals surface area (Å²) in [5.74, 6) is 0.596. The molecule has 0 aliphatic carbocycles. The minimum absolute atomic E-state index is 0.0991. The molecule has 3 heterocycles. The number of fused-ring (bicyclic) bond motifs is 1. The molecule has 2 amide bonds. The largest absolute Gasteiger partial charge is 0.335 e. The van der Waals surface area contributed by atoms with Crippen molar-refractivity contribution in [2.75, 3.05) is 5.75 Å². The van der Waals surface area contributed by atoms with E-state index in [2.05, 4.69) is 15.6 Å². The predicted molar refractivity (Wildman–Crippen MR) is 85.9 cm³/mol. The zero-order valence-corrected chi connectivity index (χ0v) is 13.2. The molecule has 9 heteroatoms. The number of aromatic nitrogens is 2. The molecule has 2 aliphatic heterocycles. The number of carbonyl (C=O) groups is 2. The summed E-state index contributed by atoms with van der Waals surface area (Å²) < 4.78 is 0.933. The molecule has 8 nitrogen and oxygen atoms in total. The predicted octanol–water partition coefficient (Wildman–Crippen LogP) is -0.0974. The Morgan fingerprint density at radius 3 is 2.87 bits per heavy atom. The number of aromatic amines is 1. The highest BCUT2D eigenvalue weighted by Crippen LogP contribution is 2.33. The quantitative estimate of drug-likeness (QED) is 0.513. The third kappa shape index (κ3) is 3.49. The first kappa shape index (κ1) is 15.9. The molecule has 1 aromatic heterocycles. The van der Waals surface area contributed by atoms with Crippen molar-refractivity contribution in [3.8, 4) is 0 Å². The highest BCUT2D eigenvalue weighted by molar-refractivity contribution is 8.00. The van der Waals surface area contributed by atoms with E-state index >= 15 is 0 Å². The minimum atomic E-state index is -0.698. The van der Waals surface area contributed by atoms with E-state index in [4.69, 9.17) is 0 Å². The second kappa shape index (κ2) is 6.61. The summed E-state index contributed by atoms with van der Waals surface area (Å²) in [5, 5.41) is 6.20. The van der Waals surface area contributed by atoms with Crippen molar-refractivity contribution >= 4 is 23.7 Å². The third-order valence-electron chi connectivity index (χ3n) is 4.16. The van der Waals surface area contributed by atoms with Gasteiger partial charge in [0.05, 0.1) is 12.1 Å². The highest BCUT2D eigenvalue weighted by atomic mass is 32.2. The fourth-order valence-electron chi connectivity index (χ4n) is 3.00. The number of H-pyrrole nitrogens is 1. The molecule has 124 valence electrons. The maximum absolute atomic E-state index is 12.0. The van der Waals surface area contributed by atoms with Crippen molar-refractivity contribution in [3.63, 3.8) is 0 Å². The lowest BCUT2D eigenvalue weighted by Gasteiger charge is -2.16. The van der Waals surface area contributed by atoms with Crippen LogP contribution < -0.4 is 21.9 Å². The summed E-state index contributed by atoms with van der Waals surface area (Å²) >= 11 is 1.84. The molecule has 3 atom stereocenters. The molecule has 2 aliphatic rings. The minimum Gasteiger partial charge on any atom is -0.332 e. The van der Waals surface area contributed by atoms with Crippen molar-refractivity contribution in [2.45, 2.75) is 43.0 Å². The smallest absolute Gasteiger partial charge is 0.332 e. The summed E-state index contributed by atoms with van der Waals surface area (Å²) in [6.07, 6.45) is 3.89. The first-order valence-corrected chi connectivity index (χ1v) is 8.63. The lowest BCUT2D eigenvalue weighted by atomic mass is 10.0. The van der Waals surface area contributed by atoms with Crippen molar-refractivity contribution in [2.24, 2.45) is 0 Å². The molecule has 0 radical (unpaired) electrons. The summed E-state index contributed by atoms with van der Waals surface area (Å²) in [6.45, 7) is 0. The Labute approximate surface area is 136 Å². The van der Waals surface area contributed by atoms with Gasteiger partial charge in [0, 0.05) is 29.7 Å². The second-order valence-corrected chi connectivity index (χ2v) is 7.01. The molecule has 0 bridgehead atoms. The number of thioether (sulfide) groups is 1. The molecule has 0 saturated carbocycles. The number of carbonyl (C=O) groups excluding carboxylic acids is 2. The van der Waals surface area contributed by atoms with Gasteiger partial charge in [-0.05, 0) is 12.8 Å². The Kier molecular flexibility index (Phi) is 4.56. The Hall–Kier alpha value is -2.03. The molecule has 3 N–H and O–H groups in total. The van der Waals surface area contributed by atoms with Crippen LogP contribution in [0.5, 0.6) is 0 Å². The Morgan fingerprint density at radius 2 is 2.09 bits per heavy atom. The maximum Gasteiger partial charge on any atom is 0.335 e. The Balaban J connectivity index is 1.45. The van der Waals surface area contributed by atoms with Crippen LogP contribution in [0.4, 0.5) is 4.79 Å². The van der Waals surface area contributed by atoms with E-state index in [1.54, 1.807) is 0 Å². The van der Waals surface area contributed by atoms with Crippen LogP contribution in [0.25, 0.3) is 0 Å². The standard InChI is InChI=1S/C14H18N4O4S/c19-10-5-6-18(14(22)16-10)11(20)4-2-1-3-9-12-8(7-23-9)15-13(21)17-12/h5-6,8-9,12H,1-4,7H2,(H2,15,17,21)(H,16,19,22)/t8-,9-,12-/m0/s1. The van der Waals surface area contributed by atoms with Crippen LogP contribution in [0, 0.1) is 0 Å². The van der Waals surface area contributed by atoms with Gasteiger partial charge >= 0.3 is 11.7 Å². The molecule has 23 heavy (non-hydrogen) atoms. The first-order valence-electron chi connectivity index (χ1n) is 7.58. The number of hydrogen-bond donors (Lipinski definition) is 3. The van der Waals surface area contributed by atoms with E-state index in [0.717, 1.165) is 29.2 Å². The van der Waals surface area contributed by atoms with E-state index in [9.17, 15) is 19.2 Å². The fraction of sp³-hybridized carbons (Fsp3) is 0.571. The van der Waals surface area contributed by atoms with Gasteiger partial charge in [0.1, 0.15) is 0 Å². The molecule has 3 rings (SSSR count). The number of unbranched alkanes of at least 4 members (excludes halogenated alkanes) is 1. The molecular formula is C14H18N4O4S. The van der Waals surface area contributed by atoms with Gasteiger partial charge in [0.25, 0.3) is 5.56 Å². The number of nitrogens with zero attached hydrogens (tertiary/aromatic N) is 1. The molecule has 2 fully saturated rings. The van der Waals surface area contributed by atoms with Gasteiger partial charge in [-0.2, -0.15) is 11.8 Å². The number of amides is 2. The number of hydrogen-bond acceptors (Lipinski definition) is 5. The normalized spacial score (nSPS) is 25.7. The third-order valence-corrected chi connectivity index (χ3v) is 5.67. The first-order chi connectivity index (χ1) is 11.0. The number of rotatable bonds is 5. The van der Waals surface area contributed by atoms with Crippen LogP contribution in [0.15, 0.2) is 21.9 Å². The summed E-state index contributed by atoms with van der Waals surface area (Å²) in [7, 11) is 0. The van der Waals surface area contributed by atoms with Crippen molar-refractivity contribution in [1.29, 1.82) is 0 Å². The van der Waals surface area contributed by atoms with Gasteiger partial charge in [0.2, 0.25) is 5.91 Å². The monoisotopic (exact) mass is 338 g/mol. The molecule has 2 saturated heterocycles. The van der Waals surface area contributed by atoms with Crippen molar-refractivity contribution in [3.05, 3.63) is 33.1 Å².